The molecule has 0 bridgehead atoms. The summed E-state index contributed by atoms with van der Waals surface area (Å²) in [7, 11) is 0. The number of hydrogen-bond acceptors (Lipinski definition) is 3. The average Bonchev–Trinajstić information content (AvgIpc) is 2.71. The van der Waals surface area contributed by atoms with Crippen molar-refractivity contribution in [2.45, 2.75) is 96.9 Å². The number of carbonyl (C=O) groups excluding carboxylic acids is 2. The number of carbonyl (C=O) groups is 2. The fourth-order valence-electron chi connectivity index (χ4n) is 3.21. The van der Waals surface area contributed by atoms with Crippen LogP contribution in [0, 0.1) is 5.82 Å². The number of hydrogen-bond donors (Lipinski definition) is 1. The number of halogens is 1. The van der Waals surface area contributed by atoms with Gasteiger partial charge in [0.05, 0.1) is 6.61 Å². The molecule has 0 radical (unpaired) electrons. The number of ether oxygens (including phenoxy) is 1. The van der Waals surface area contributed by atoms with Crippen molar-refractivity contribution in [3.05, 3.63) is 35.6 Å². The number of rotatable bonds is 16. The van der Waals surface area contributed by atoms with Gasteiger partial charge >= 0.3 is 5.97 Å². The van der Waals surface area contributed by atoms with E-state index in [4.69, 9.17) is 4.74 Å². The zero-order valence-corrected chi connectivity index (χ0v) is 18.2. The van der Waals surface area contributed by atoms with Crippen molar-refractivity contribution in [3.8, 4) is 0 Å². The molecule has 1 N–H and O–H groups in total. The van der Waals surface area contributed by atoms with E-state index in [1.807, 2.05) is 0 Å². The van der Waals surface area contributed by atoms with E-state index >= 15 is 0 Å². The predicted molar refractivity (Wildman–Crippen MR) is 115 cm³/mol. The number of nitrogens with one attached hydrogen (secondary N) is 1. The summed E-state index contributed by atoms with van der Waals surface area (Å²) in [6.07, 6.45) is 15.0. The third kappa shape index (κ3) is 12.3. The topological polar surface area (TPSA) is 55.4 Å². The highest BCUT2D eigenvalue weighted by Crippen LogP contribution is 2.12. The second kappa shape index (κ2) is 15.9. The highest BCUT2D eigenvalue weighted by Gasteiger charge is 2.18. The maximum absolute atomic E-state index is 13.2. The maximum atomic E-state index is 13.2. The van der Waals surface area contributed by atoms with Gasteiger partial charge in [-0.3, -0.25) is 4.79 Å². The highest BCUT2D eigenvalue weighted by molar-refractivity contribution is 5.96. The zero-order chi connectivity index (χ0) is 21.3. The summed E-state index contributed by atoms with van der Waals surface area (Å²) in [4.78, 5) is 24.0. The molecule has 29 heavy (non-hydrogen) atoms. The van der Waals surface area contributed by atoms with Crippen LogP contribution in [0.4, 0.5) is 4.39 Å². The van der Waals surface area contributed by atoms with Crippen LogP contribution in [0.3, 0.4) is 0 Å². The molecule has 1 unspecified atom stereocenters. The Labute approximate surface area is 175 Å². The van der Waals surface area contributed by atoms with E-state index in [0.717, 1.165) is 18.9 Å². The fourth-order valence-corrected chi connectivity index (χ4v) is 3.21. The summed E-state index contributed by atoms with van der Waals surface area (Å²) in [5, 5.41) is 2.54. The lowest BCUT2D eigenvalue weighted by atomic mass is 10.1. The van der Waals surface area contributed by atoms with Crippen molar-refractivity contribution in [1.29, 1.82) is 0 Å². The fraction of sp³-hybridized carbons (Fsp3) is 0.667. The second-order valence-electron chi connectivity index (χ2n) is 7.76. The SMILES string of the molecule is CCCCCCCCCCCCCCOC(=O)C(C)NC(=O)c1cccc(F)c1. The normalized spacial score (nSPS) is 11.8. The molecule has 0 heterocycles. The molecule has 5 heteroatoms. The lowest BCUT2D eigenvalue weighted by Crippen LogP contribution is -2.39. The van der Waals surface area contributed by atoms with E-state index in [9.17, 15) is 14.0 Å². The van der Waals surface area contributed by atoms with Gasteiger partial charge in [0.1, 0.15) is 11.9 Å². The molecule has 0 saturated heterocycles. The van der Waals surface area contributed by atoms with Crippen molar-refractivity contribution in [2.75, 3.05) is 6.61 Å². The first kappa shape index (κ1) is 25.1. The van der Waals surface area contributed by atoms with E-state index in [0.29, 0.717) is 6.61 Å². The number of esters is 1. The zero-order valence-electron chi connectivity index (χ0n) is 18.2. The van der Waals surface area contributed by atoms with Gasteiger partial charge in [0, 0.05) is 5.56 Å². The van der Waals surface area contributed by atoms with Gasteiger partial charge in [0.25, 0.3) is 5.91 Å². The Morgan fingerprint density at radius 1 is 0.931 bits per heavy atom. The molecule has 0 aliphatic carbocycles. The van der Waals surface area contributed by atoms with E-state index in [1.165, 1.54) is 82.4 Å². The van der Waals surface area contributed by atoms with Gasteiger partial charge in [-0.1, -0.05) is 83.6 Å². The molecular weight excluding hydrogens is 369 g/mol. The molecule has 4 nitrogen and oxygen atoms in total. The van der Waals surface area contributed by atoms with Crippen LogP contribution >= 0.6 is 0 Å². The molecule has 0 spiro atoms. The van der Waals surface area contributed by atoms with Crippen LogP contribution in [-0.4, -0.2) is 24.5 Å². The van der Waals surface area contributed by atoms with Gasteiger partial charge in [0.2, 0.25) is 0 Å². The van der Waals surface area contributed by atoms with Crippen LogP contribution in [0.5, 0.6) is 0 Å². The minimum atomic E-state index is -0.761. The van der Waals surface area contributed by atoms with Crippen LogP contribution in [0.1, 0.15) is 101 Å². The quantitative estimate of drug-likeness (QED) is 0.263. The largest absolute Gasteiger partial charge is 0.464 e. The summed E-state index contributed by atoms with van der Waals surface area (Å²) in [5.74, 6) is -1.43. The predicted octanol–water partition coefficient (Wildman–Crippen LogP) is 6.19. The van der Waals surface area contributed by atoms with Crippen LogP contribution in [0.15, 0.2) is 24.3 Å². The lowest BCUT2D eigenvalue weighted by molar-refractivity contribution is -0.145. The summed E-state index contributed by atoms with van der Waals surface area (Å²) in [6.45, 7) is 4.19. The number of amides is 1. The minimum Gasteiger partial charge on any atom is -0.464 e. The van der Waals surface area contributed by atoms with Crippen molar-refractivity contribution < 1.29 is 18.7 Å². The van der Waals surface area contributed by atoms with Crippen molar-refractivity contribution in [1.82, 2.24) is 5.32 Å². The van der Waals surface area contributed by atoms with Crippen LogP contribution in [0.25, 0.3) is 0 Å². The standard InChI is InChI=1S/C24H38FNO3/c1-3-4-5-6-7-8-9-10-11-12-13-14-18-29-24(28)20(2)26-23(27)21-16-15-17-22(25)19-21/h15-17,19-20H,3-14,18H2,1-2H3,(H,26,27). The van der Waals surface area contributed by atoms with Gasteiger partial charge < -0.3 is 10.1 Å². The molecule has 164 valence electrons. The van der Waals surface area contributed by atoms with E-state index in [2.05, 4.69) is 12.2 Å². The van der Waals surface area contributed by atoms with Crippen molar-refractivity contribution >= 4 is 11.9 Å². The monoisotopic (exact) mass is 407 g/mol. The Hall–Kier alpha value is -1.91. The molecule has 1 atom stereocenters. The smallest absolute Gasteiger partial charge is 0.328 e. The average molecular weight is 408 g/mol. The molecular formula is C24H38FNO3. The van der Waals surface area contributed by atoms with Crippen LogP contribution in [0.2, 0.25) is 0 Å². The van der Waals surface area contributed by atoms with Gasteiger partial charge in [0.15, 0.2) is 0 Å². The molecule has 0 fully saturated rings. The van der Waals surface area contributed by atoms with Crippen LogP contribution in [-0.2, 0) is 9.53 Å². The Kier molecular flexibility index (Phi) is 13.8. The van der Waals surface area contributed by atoms with Gasteiger partial charge in [-0.2, -0.15) is 0 Å². The Balaban J connectivity index is 2.00. The maximum Gasteiger partial charge on any atom is 0.328 e. The molecule has 0 saturated carbocycles. The number of benzene rings is 1. The Bertz CT molecular complexity index is 591. The van der Waals surface area contributed by atoms with Gasteiger partial charge in [-0.25, -0.2) is 9.18 Å². The lowest BCUT2D eigenvalue weighted by Gasteiger charge is -2.13. The molecule has 0 aromatic heterocycles. The summed E-state index contributed by atoms with van der Waals surface area (Å²) in [5.41, 5.74) is 0.186. The Morgan fingerprint density at radius 2 is 1.48 bits per heavy atom. The van der Waals surface area contributed by atoms with E-state index in [1.54, 1.807) is 6.92 Å². The first-order chi connectivity index (χ1) is 14.0. The van der Waals surface area contributed by atoms with Crippen LogP contribution < -0.4 is 5.32 Å². The first-order valence-electron chi connectivity index (χ1n) is 11.3. The number of unbranched alkanes of at least 4 members (excludes halogenated alkanes) is 11. The van der Waals surface area contributed by atoms with Crippen molar-refractivity contribution in [3.63, 3.8) is 0 Å². The molecule has 1 aromatic rings. The highest BCUT2D eigenvalue weighted by atomic mass is 19.1. The van der Waals surface area contributed by atoms with E-state index in [-0.39, 0.29) is 5.56 Å². The minimum absolute atomic E-state index is 0.186. The van der Waals surface area contributed by atoms with E-state index < -0.39 is 23.7 Å². The summed E-state index contributed by atoms with van der Waals surface area (Å²) < 4.78 is 18.4. The molecule has 1 rings (SSSR count). The molecule has 0 aliphatic rings. The van der Waals surface area contributed by atoms with Crippen molar-refractivity contribution in [2.24, 2.45) is 0 Å². The third-order valence-electron chi connectivity index (χ3n) is 5.03. The second-order valence-corrected chi connectivity index (χ2v) is 7.76. The summed E-state index contributed by atoms with van der Waals surface area (Å²) >= 11 is 0. The molecule has 1 aromatic carbocycles. The first-order valence-corrected chi connectivity index (χ1v) is 11.3. The third-order valence-corrected chi connectivity index (χ3v) is 5.03. The molecule has 1 amide bonds. The van der Waals surface area contributed by atoms with Gasteiger partial charge in [-0.15, -0.1) is 0 Å². The van der Waals surface area contributed by atoms with Gasteiger partial charge in [-0.05, 0) is 31.5 Å². The Morgan fingerprint density at radius 3 is 2.03 bits per heavy atom. The summed E-state index contributed by atoms with van der Waals surface area (Å²) in [6, 6.07) is 4.61. The molecule has 0 aliphatic heterocycles.